The number of allylic oxidation sites excluding steroid dienone is 1. The maximum Gasteiger partial charge on any atom is 0.338 e. The summed E-state index contributed by atoms with van der Waals surface area (Å²) < 4.78 is 23.6. The van der Waals surface area contributed by atoms with Gasteiger partial charge in [-0.1, -0.05) is 30.8 Å². The molecule has 144 valence electrons. The quantitative estimate of drug-likeness (QED) is 0.550. The van der Waals surface area contributed by atoms with Gasteiger partial charge in [0.05, 0.1) is 29.2 Å². The number of amides is 1. The smallest absolute Gasteiger partial charge is 0.338 e. The minimum absolute atomic E-state index is 0.0963. The second-order valence-corrected chi connectivity index (χ2v) is 7.37. The van der Waals surface area contributed by atoms with Gasteiger partial charge in [0.1, 0.15) is 12.4 Å². The molecule has 0 N–H and O–H groups in total. The molecule has 1 aromatic rings. The van der Waals surface area contributed by atoms with E-state index in [-0.39, 0.29) is 35.8 Å². The van der Waals surface area contributed by atoms with Crippen molar-refractivity contribution in [2.45, 2.75) is 31.6 Å². The van der Waals surface area contributed by atoms with E-state index in [9.17, 15) is 14.0 Å². The maximum absolute atomic E-state index is 13.4. The average Bonchev–Trinajstić information content (AvgIpc) is 2.96. The Morgan fingerprint density at radius 2 is 2.00 bits per heavy atom. The second-order valence-electron chi connectivity index (χ2n) is 6.20. The molecule has 0 unspecified atom stereocenters. The van der Waals surface area contributed by atoms with Crippen LogP contribution in [0.2, 0.25) is 0 Å². The molecule has 6 nitrogen and oxygen atoms in total. The molecule has 1 amide bonds. The minimum atomic E-state index is -0.690. The molecule has 0 aliphatic carbocycles. The van der Waals surface area contributed by atoms with Crippen LogP contribution in [0.25, 0.3) is 0 Å². The number of hydrogen-bond acceptors (Lipinski definition) is 6. The molecular formula is C19H21FN2O4S. The van der Waals surface area contributed by atoms with Gasteiger partial charge in [0.25, 0.3) is 0 Å². The summed E-state index contributed by atoms with van der Waals surface area (Å²) in [5.41, 5.74) is 1.41. The zero-order valence-electron chi connectivity index (χ0n) is 15.4. The number of esters is 1. The Kier molecular flexibility index (Phi) is 5.96. The van der Waals surface area contributed by atoms with Gasteiger partial charge in [-0.2, -0.15) is 0 Å². The third kappa shape index (κ3) is 3.77. The number of thioether (sulfide) groups is 1. The van der Waals surface area contributed by atoms with Crippen molar-refractivity contribution < 1.29 is 23.5 Å². The number of rotatable bonds is 6. The van der Waals surface area contributed by atoms with Crippen molar-refractivity contribution in [1.82, 2.24) is 4.90 Å². The first-order chi connectivity index (χ1) is 13.0. The van der Waals surface area contributed by atoms with Gasteiger partial charge in [0.15, 0.2) is 5.17 Å². The van der Waals surface area contributed by atoms with Gasteiger partial charge in [-0.15, -0.1) is 0 Å². The lowest BCUT2D eigenvalue weighted by atomic mass is 9.94. The van der Waals surface area contributed by atoms with Crippen LogP contribution >= 0.6 is 11.8 Å². The highest BCUT2D eigenvalue weighted by atomic mass is 32.2. The van der Waals surface area contributed by atoms with E-state index < -0.39 is 12.0 Å². The normalized spacial score (nSPS) is 22.0. The Morgan fingerprint density at radius 1 is 1.30 bits per heavy atom. The molecule has 8 heteroatoms. The Morgan fingerprint density at radius 3 is 2.63 bits per heavy atom. The molecule has 0 bridgehead atoms. The summed E-state index contributed by atoms with van der Waals surface area (Å²) in [6.07, 6.45) is 0.655. The van der Waals surface area contributed by atoms with Gasteiger partial charge in [-0.3, -0.25) is 9.69 Å². The molecule has 1 saturated heterocycles. The summed E-state index contributed by atoms with van der Waals surface area (Å²) in [4.78, 5) is 31.7. The Labute approximate surface area is 161 Å². The van der Waals surface area contributed by atoms with Crippen LogP contribution in [0.4, 0.5) is 4.39 Å². The summed E-state index contributed by atoms with van der Waals surface area (Å²) in [7, 11) is 1.52. The number of ether oxygens (including phenoxy) is 2. The third-order valence-electron chi connectivity index (χ3n) is 4.45. The van der Waals surface area contributed by atoms with Crippen molar-refractivity contribution >= 4 is 28.8 Å². The highest BCUT2D eigenvalue weighted by Gasteiger charge is 2.47. The Hall–Kier alpha value is -2.19. The van der Waals surface area contributed by atoms with E-state index >= 15 is 0 Å². The number of carbonyl (C=O) groups excluding carboxylic acids is 2. The summed E-state index contributed by atoms with van der Waals surface area (Å²) in [6.45, 7) is 4.02. The summed E-state index contributed by atoms with van der Waals surface area (Å²) in [6, 6.07) is 5.10. The van der Waals surface area contributed by atoms with Crippen LogP contribution in [0.15, 0.2) is 40.5 Å². The first kappa shape index (κ1) is 19.6. The lowest BCUT2D eigenvalue weighted by Crippen LogP contribution is -2.40. The number of carbonyl (C=O) groups is 2. The maximum atomic E-state index is 13.4. The van der Waals surface area contributed by atoms with E-state index in [1.165, 1.54) is 35.9 Å². The van der Waals surface area contributed by atoms with Crippen LogP contribution < -0.4 is 0 Å². The predicted octanol–water partition coefficient (Wildman–Crippen LogP) is 3.05. The monoisotopic (exact) mass is 392 g/mol. The molecule has 2 aliphatic heterocycles. The van der Waals surface area contributed by atoms with E-state index in [2.05, 4.69) is 4.99 Å². The van der Waals surface area contributed by atoms with E-state index in [1.807, 2.05) is 6.92 Å². The first-order valence-electron chi connectivity index (χ1n) is 8.68. The number of halogens is 1. The number of methoxy groups -OCH3 is 1. The van der Waals surface area contributed by atoms with Crippen LogP contribution in [0.3, 0.4) is 0 Å². The third-order valence-corrected chi connectivity index (χ3v) is 5.77. The van der Waals surface area contributed by atoms with Crippen LogP contribution in [-0.4, -0.2) is 47.5 Å². The topological polar surface area (TPSA) is 68.2 Å². The number of aliphatic imine (C=N–C) groups is 1. The highest BCUT2D eigenvalue weighted by molar-refractivity contribution is 8.15. The Balaban J connectivity index is 2.03. The summed E-state index contributed by atoms with van der Waals surface area (Å²) in [5, 5.41) is 0.315. The fourth-order valence-electron chi connectivity index (χ4n) is 3.11. The van der Waals surface area contributed by atoms with Crippen LogP contribution in [0, 0.1) is 5.82 Å². The summed E-state index contributed by atoms with van der Waals surface area (Å²) in [5.74, 6) is -1.05. The largest absolute Gasteiger partial charge is 0.460 e. The lowest BCUT2D eigenvalue weighted by molar-refractivity contribution is -0.141. The van der Waals surface area contributed by atoms with Crippen molar-refractivity contribution in [2.75, 3.05) is 20.3 Å². The van der Waals surface area contributed by atoms with Gasteiger partial charge < -0.3 is 9.47 Å². The Bertz CT molecular complexity index is 806. The van der Waals surface area contributed by atoms with E-state index in [0.717, 1.165) is 0 Å². The molecule has 0 aromatic heterocycles. The highest BCUT2D eigenvalue weighted by Crippen LogP contribution is 2.43. The predicted molar refractivity (Wildman–Crippen MR) is 101 cm³/mol. The fraction of sp³-hybridized carbons (Fsp3) is 0.421. The van der Waals surface area contributed by atoms with Gasteiger partial charge in [-0.05, 0) is 31.0 Å². The summed E-state index contributed by atoms with van der Waals surface area (Å²) >= 11 is 1.39. The zero-order valence-corrected chi connectivity index (χ0v) is 16.2. The fourth-order valence-corrected chi connectivity index (χ4v) is 4.24. The molecule has 0 radical (unpaired) electrons. The van der Waals surface area contributed by atoms with Crippen LogP contribution in [0.5, 0.6) is 0 Å². The molecule has 2 aliphatic rings. The molecule has 1 fully saturated rings. The number of nitrogens with zero attached hydrogens (tertiary/aromatic N) is 2. The molecule has 2 heterocycles. The van der Waals surface area contributed by atoms with Gasteiger partial charge in [0.2, 0.25) is 5.91 Å². The molecule has 2 atom stereocenters. The minimum Gasteiger partial charge on any atom is -0.460 e. The van der Waals surface area contributed by atoms with Gasteiger partial charge in [0, 0.05) is 7.11 Å². The molecule has 0 saturated carbocycles. The van der Waals surface area contributed by atoms with Gasteiger partial charge in [-0.25, -0.2) is 14.2 Å². The van der Waals surface area contributed by atoms with Crippen molar-refractivity contribution in [3.63, 3.8) is 0 Å². The van der Waals surface area contributed by atoms with E-state index in [0.29, 0.717) is 22.8 Å². The number of amidine groups is 1. The molecule has 27 heavy (non-hydrogen) atoms. The lowest BCUT2D eigenvalue weighted by Gasteiger charge is -2.33. The standard InChI is InChI=1S/C19H21FN2O4S/c1-4-14-17(23)22-16(12-5-7-13(20)8-6-12)15(11(2)21-19(22)27-14)18(24)26-10-9-25-3/h5-8,14,16H,4,9-10H2,1-3H3/t14-,16+/m1/s1. The molecule has 1 aromatic carbocycles. The van der Waals surface area contributed by atoms with E-state index in [1.54, 1.807) is 19.1 Å². The van der Waals surface area contributed by atoms with Crippen LogP contribution in [0.1, 0.15) is 31.9 Å². The molecule has 3 rings (SSSR count). The van der Waals surface area contributed by atoms with Crippen molar-refractivity contribution in [3.8, 4) is 0 Å². The SMILES string of the molecule is CC[C@H]1SC2=NC(C)=C(C(=O)OCCOC)[C@H](c3ccc(F)cc3)N2C1=O. The molecule has 0 spiro atoms. The number of benzene rings is 1. The van der Waals surface area contributed by atoms with Crippen LogP contribution in [-0.2, 0) is 19.1 Å². The molecular weight excluding hydrogens is 371 g/mol. The second kappa shape index (κ2) is 8.22. The first-order valence-corrected chi connectivity index (χ1v) is 9.56. The van der Waals surface area contributed by atoms with Gasteiger partial charge >= 0.3 is 5.97 Å². The van der Waals surface area contributed by atoms with Crippen molar-refractivity contribution in [1.29, 1.82) is 0 Å². The van der Waals surface area contributed by atoms with Crippen molar-refractivity contribution in [2.24, 2.45) is 4.99 Å². The average molecular weight is 392 g/mol. The zero-order chi connectivity index (χ0) is 19.6. The number of fused-ring (bicyclic) bond motifs is 1. The van der Waals surface area contributed by atoms with E-state index in [4.69, 9.17) is 9.47 Å². The number of hydrogen-bond donors (Lipinski definition) is 0. The van der Waals surface area contributed by atoms with Crippen molar-refractivity contribution in [3.05, 3.63) is 46.9 Å².